The average molecular weight is 586 g/mol. The molecular formula is C30H39N3O7S. The van der Waals surface area contributed by atoms with Gasteiger partial charge in [0.15, 0.2) is 6.29 Å². The lowest BCUT2D eigenvalue weighted by atomic mass is 9.89. The maximum Gasteiger partial charge on any atom is 0.407 e. The predicted molar refractivity (Wildman–Crippen MR) is 154 cm³/mol. The molecule has 11 heteroatoms. The van der Waals surface area contributed by atoms with Crippen LogP contribution in [0.4, 0.5) is 4.79 Å². The second kappa shape index (κ2) is 12.7. The van der Waals surface area contributed by atoms with Crippen molar-refractivity contribution in [2.24, 2.45) is 0 Å². The van der Waals surface area contributed by atoms with Gasteiger partial charge in [0.1, 0.15) is 5.60 Å². The van der Waals surface area contributed by atoms with E-state index in [0.29, 0.717) is 38.8 Å². The van der Waals surface area contributed by atoms with Gasteiger partial charge in [-0.15, -0.1) is 0 Å². The number of carbonyl (C=O) groups is 3. The number of carbonyl (C=O) groups excluding carboxylic acids is 2. The third kappa shape index (κ3) is 7.93. The van der Waals surface area contributed by atoms with Crippen molar-refractivity contribution < 1.29 is 32.6 Å². The summed E-state index contributed by atoms with van der Waals surface area (Å²) < 4.78 is 33.7. The molecule has 2 aliphatic heterocycles. The molecule has 2 fully saturated rings. The fourth-order valence-electron chi connectivity index (χ4n) is 5.48. The van der Waals surface area contributed by atoms with Gasteiger partial charge in [-0.1, -0.05) is 18.2 Å². The number of nitrogens with zero attached hydrogens (tertiary/aromatic N) is 2. The zero-order valence-electron chi connectivity index (χ0n) is 23.8. The number of hydrogen-bond donors (Lipinski definition) is 2. The van der Waals surface area contributed by atoms with Crippen molar-refractivity contribution in [1.29, 1.82) is 0 Å². The van der Waals surface area contributed by atoms with E-state index in [4.69, 9.17) is 4.74 Å². The van der Waals surface area contributed by atoms with Crippen molar-refractivity contribution in [3.63, 3.8) is 0 Å². The number of alkyl carbamates (subject to hydrolysis) is 1. The van der Waals surface area contributed by atoms with Crippen LogP contribution in [0.25, 0.3) is 0 Å². The van der Waals surface area contributed by atoms with E-state index in [9.17, 15) is 27.9 Å². The predicted octanol–water partition coefficient (Wildman–Crippen LogP) is 4.25. The lowest BCUT2D eigenvalue weighted by molar-refractivity contribution is 0.0489. The lowest BCUT2D eigenvalue weighted by Gasteiger charge is -2.33. The van der Waals surface area contributed by atoms with Gasteiger partial charge in [-0.2, -0.15) is 4.31 Å². The van der Waals surface area contributed by atoms with Crippen LogP contribution in [0.15, 0.2) is 47.4 Å². The summed E-state index contributed by atoms with van der Waals surface area (Å²) >= 11 is 0. The number of aromatic carboxylic acids is 1. The van der Waals surface area contributed by atoms with E-state index in [1.807, 2.05) is 6.07 Å². The highest BCUT2D eigenvalue weighted by molar-refractivity contribution is 7.89. The van der Waals surface area contributed by atoms with Crippen LogP contribution in [0.3, 0.4) is 0 Å². The van der Waals surface area contributed by atoms with Crippen LogP contribution in [-0.2, 0) is 21.3 Å². The molecule has 2 aromatic carbocycles. The second-order valence-electron chi connectivity index (χ2n) is 11.8. The molecule has 2 aromatic rings. The number of piperidine rings is 2. The molecule has 0 spiro atoms. The molecule has 2 N–H and O–H groups in total. The number of carboxylic acid groups (broad SMARTS) is 1. The summed E-state index contributed by atoms with van der Waals surface area (Å²) in [7, 11) is -3.66. The van der Waals surface area contributed by atoms with E-state index in [-0.39, 0.29) is 28.0 Å². The maximum absolute atomic E-state index is 13.5. The number of carboxylic acids is 1. The summed E-state index contributed by atoms with van der Waals surface area (Å²) in [5, 5.41) is 12.1. The van der Waals surface area contributed by atoms with Gasteiger partial charge in [0.05, 0.1) is 10.5 Å². The van der Waals surface area contributed by atoms with E-state index < -0.39 is 27.7 Å². The number of benzene rings is 2. The van der Waals surface area contributed by atoms with Gasteiger partial charge in [0.25, 0.3) is 0 Å². The van der Waals surface area contributed by atoms with Crippen LogP contribution >= 0.6 is 0 Å². The summed E-state index contributed by atoms with van der Waals surface area (Å²) in [5.41, 5.74) is 1.47. The van der Waals surface area contributed by atoms with Crippen molar-refractivity contribution in [2.45, 2.75) is 75.5 Å². The zero-order valence-corrected chi connectivity index (χ0v) is 24.7. The van der Waals surface area contributed by atoms with Gasteiger partial charge < -0.3 is 15.2 Å². The molecule has 2 aliphatic rings. The molecule has 0 atom stereocenters. The molecule has 0 bridgehead atoms. The van der Waals surface area contributed by atoms with Crippen molar-refractivity contribution in [1.82, 2.24) is 14.5 Å². The van der Waals surface area contributed by atoms with Gasteiger partial charge >= 0.3 is 12.1 Å². The zero-order chi connectivity index (χ0) is 29.8. The van der Waals surface area contributed by atoms with Crippen molar-refractivity contribution in [3.05, 3.63) is 64.7 Å². The topological polar surface area (TPSA) is 133 Å². The Morgan fingerprint density at radius 2 is 1.71 bits per heavy atom. The van der Waals surface area contributed by atoms with Gasteiger partial charge in [-0.25, -0.2) is 18.0 Å². The Bertz CT molecular complexity index is 1370. The number of sulfonamides is 1. The quantitative estimate of drug-likeness (QED) is 0.439. The molecule has 41 heavy (non-hydrogen) atoms. The minimum Gasteiger partial charge on any atom is -0.478 e. The Labute approximate surface area is 241 Å². The van der Waals surface area contributed by atoms with Gasteiger partial charge in [-0.3, -0.25) is 9.69 Å². The number of hydrogen-bond acceptors (Lipinski definition) is 7. The Hall–Kier alpha value is -3.28. The number of nitrogens with one attached hydrogen (secondary N) is 1. The van der Waals surface area contributed by atoms with Gasteiger partial charge in [-0.05, 0) is 101 Å². The summed E-state index contributed by atoms with van der Waals surface area (Å²) in [5.74, 6) is -0.895. The monoisotopic (exact) mass is 585 g/mol. The van der Waals surface area contributed by atoms with E-state index in [1.165, 1.54) is 10.4 Å². The fourth-order valence-corrected chi connectivity index (χ4v) is 7.00. The molecule has 2 saturated heterocycles. The molecule has 222 valence electrons. The maximum atomic E-state index is 13.5. The molecule has 0 radical (unpaired) electrons. The highest BCUT2D eigenvalue weighted by Crippen LogP contribution is 2.31. The number of amides is 1. The summed E-state index contributed by atoms with van der Waals surface area (Å²) in [6, 6.07) is 11.9. The summed E-state index contributed by atoms with van der Waals surface area (Å²) in [4.78, 5) is 37.2. The number of aldehydes is 1. The SMILES string of the molecule is CC(C)(C)OC(=O)NC1CCN(S(=O)(=O)c2cccc(C3CCN(Cc4ccc(C(=O)O)c(C=O)c4)CC3)c2)CC1. The Morgan fingerprint density at radius 1 is 1.02 bits per heavy atom. The van der Waals surface area contributed by atoms with Crippen molar-refractivity contribution >= 4 is 28.4 Å². The molecular weight excluding hydrogens is 546 g/mol. The number of rotatable bonds is 8. The summed E-state index contributed by atoms with van der Waals surface area (Å²) in [6.07, 6.45) is 2.84. The Balaban J connectivity index is 1.32. The van der Waals surface area contributed by atoms with Crippen LogP contribution in [0.1, 0.15) is 84.2 Å². The third-order valence-electron chi connectivity index (χ3n) is 7.61. The third-order valence-corrected chi connectivity index (χ3v) is 9.50. The highest BCUT2D eigenvalue weighted by Gasteiger charge is 2.31. The van der Waals surface area contributed by atoms with Crippen LogP contribution in [-0.4, -0.2) is 78.9 Å². The molecule has 10 nitrogen and oxygen atoms in total. The molecule has 4 rings (SSSR count). The van der Waals surface area contributed by atoms with E-state index >= 15 is 0 Å². The average Bonchev–Trinajstić information content (AvgIpc) is 2.92. The van der Waals surface area contributed by atoms with E-state index in [1.54, 1.807) is 51.1 Å². The Kier molecular flexibility index (Phi) is 9.51. The molecule has 0 aliphatic carbocycles. The second-order valence-corrected chi connectivity index (χ2v) is 13.7. The standard InChI is InChI=1S/C30H39N3O7S/c1-30(2,3)40-29(37)31-25-11-15-33(16-12-25)41(38,39)26-6-4-5-23(18-26)22-9-13-32(14-10-22)19-21-7-8-27(28(35)36)24(17-21)20-34/h4-8,17-18,20,22,25H,9-16,19H2,1-3H3,(H,31,37)(H,35,36). The van der Waals surface area contributed by atoms with E-state index in [0.717, 1.165) is 37.1 Å². The van der Waals surface area contributed by atoms with Crippen LogP contribution < -0.4 is 5.32 Å². The highest BCUT2D eigenvalue weighted by atomic mass is 32.2. The molecule has 0 aromatic heterocycles. The fraction of sp³-hybridized carbons (Fsp3) is 0.500. The lowest BCUT2D eigenvalue weighted by Crippen LogP contribution is -2.47. The normalized spacial score (nSPS) is 18.1. The van der Waals surface area contributed by atoms with Crippen molar-refractivity contribution in [2.75, 3.05) is 26.2 Å². The number of likely N-dealkylation sites (tertiary alicyclic amines) is 1. The van der Waals surface area contributed by atoms with Crippen molar-refractivity contribution in [3.8, 4) is 0 Å². The van der Waals surface area contributed by atoms with Gasteiger partial charge in [0, 0.05) is 31.2 Å². The van der Waals surface area contributed by atoms with E-state index in [2.05, 4.69) is 10.2 Å². The largest absolute Gasteiger partial charge is 0.478 e. The Morgan fingerprint density at radius 3 is 2.32 bits per heavy atom. The number of ether oxygens (including phenoxy) is 1. The van der Waals surface area contributed by atoms with Crippen LogP contribution in [0.2, 0.25) is 0 Å². The first-order valence-corrected chi connectivity index (χ1v) is 15.4. The summed E-state index contributed by atoms with van der Waals surface area (Å²) in [6.45, 7) is 8.27. The first kappa shape index (κ1) is 30.7. The molecule has 2 heterocycles. The minimum absolute atomic E-state index is 0.000806. The smallest absolute Gasteiger partial charge is 0.407 e. The van der Waals surface area contributed by atoms with Crippen LogP contribution in [0, 0.1) is 0 Å². The molecule has 0 saturated carbocycles. The molecule has 1 amide bonds. The van der Waals surface area contributed by atoms with Crippen LogP contribution in [0.5, 0.6) is 0 Å². The van der Waals surface area contributed by atoms with Gasteiger partial charge in [0.2, 0.25) is 10.0 Å². The molecule has 0 unspecified atom stereocenters. The first-order valence-electron chi connectivity index (χ1n) is 14.0. The minimum atomic E-state index is -3.66. The first-order chi connectivity index (χ1) is 19.4.